The first-order chi connectivity index (χ1) is 17.8. The van der Waals surface area contributed by atoms with Gasteiger partial charge < -0.3 is 19.1 Å². The maximum atomic E-state index is 13.6. The highest BCUT2D eigenvalue weighted by Gasteiger charge is 2.48. The highest BCUT2D eigenvalue weighted by Crippen LogP contribution is 2.47. The van der Waals surface area contributed by atoms with Crippen molar-refractivity contribution in [3.05, 3.63) is 93.6 Å². The molecular formula is C28H22Cl2N2O5. The lowest BCUT2D eigenvalue weighted by Gasteiger charge is -2.25. The summed E-state index contributed by atoms with van der Waals surface area (Å²) in [6.07, 6.45) is 1.85. The monoisotopic (exact) mass is 536 g/mol. The Morgan fingerprint density at radius 3 is 2.46 bits per heavy atom. The number of anilines is 1. The number of hydrogen-bond acceptors (Lipinski definition) is 5. The molecule has 1 fully saturated rings. The first kappa shape index (κ1) is 24.7. The van der Waals surface area contributed by atoms with Gasteiger partial charge in [-0.3, -0.25) is 14.5 Å². The SMILES string of the molecule is COc1cccc(N2C(=O)C(=O)/C(=C(/O)c3cc(Cl)cc(Cl)c3OC)C2c2cn(C)c3ccccc23)c1. The van der Waals surface area contributed by atoms with Crippen LogP contribution in [0.2, 0.25) is 10.0 Å². The van der Waals surface area contributed by atoms with Crippen LogP contribution in [0, 0.1) is 0 Å². The van der Waals surface area contributed by atoms with Gasteiger partial charge in [-0.2, -0.15) is 0 Å². The number of benzene rings is 3. The number of nitrogens with zero attached hydrogens (tertiary/aromatic N) is 2. The zero-order chi connectivity index (χ0) is 26.4. The van der Waals surface area contributed by atoms with E-state index in [4.69, 9.17) is 32.7 Å². The quantitative estimate of drug-likeness (QED) is 0.188. The molecule has 0 radical (unpaired) electrons. The van der Waals surface area contributed by atoms with Crippen LogP contribution in [0.25, 0.3) is 16.7 Å². The summed E-state index contributed by atoms with van der Waals surface area (Å²) in [5.41, 5.74) is 2.00. The van der Waals surface area contributed by atoms with Crippen molar-refractivity contribution >= 4 is 57.2 Å². The number of fused-ring (bicyclic) bond motifs is 1. The van der Waals surface area contributed by atoms with E-state index in [1.807, 2.05) is 42.1 Å². The second-order valence-corrected chi connectivity index (χ2v) is 9.40. The van der Waals surface area contributed by atoms with E-state index >= 15 is 0 Å². The molecule has 0 spiro atoms. The number of aliphatic hydroxyl groups excluding tert-OH is 1. The minimum atomic E-state index is -0.958. The number of rotatable bonds is 5. The molecule has 0 aliphatic carbocycles. The van der Waals surface area contributed by atoms with E-state index in [1.54, 1.807) is 24.3 Å². The molecule has 4 aromatic rings. The third-order valence-corrected chi connectivity index (χ3v) is 6.96. The lowest BCUT2D eigenvalue weighted by atomic mass is 9.94. The fourth-order valence-electron chi connectivity index (χ4n) is 4.83. The van der Waals surface area contributed by atoms with E-state index in [1.165, 1.54) is 31.3 Å². The Morgan fingerprint density at radius 2 is 1.73 bits per heavy atom. The first-order valence-electron chi connectivity index (χ1n) is 11.3. The molecule has 1 atom stereocenters. The summed E-state index contributed by atoms with van der Waals surface area (Å²) in [6.45, 7) is 0. The summed E-state index contributed by atoms with van der Waals surface area (Å²) in [4.78, 5) is 28.5. The lowest BCUT2D eigenvalue weighted by molar-refractivity contribution is -0.132. The van der Waals surface area contributed by atoms with Crippen LogP contribution in [-0.2, 0) is 16.6 Å². The number of para-hydroxylation sites is 1. The number of halogens is 2. The number of ketones is 1. The van der Waals surface area contributed by atoms with Crippen molar-refractivity contribution in [3.63, 3.8) is 0 Å². The van der Waals surface area contributed by atoms with Gasteiger partial charge in [0.25, 0.3) is 11.7 Å². The molecule has 37 heavy (non-hydrogen) atoms. The van der Waals surface area contributed by atoms with Crippen LogP contribution in [0.15, 0.2) is 72.4 Å². The largest absolute Gasteiger partial charge is 0.507 e. The van der Waals surface area contributed by atoms with Gasteiger partial charge in [0.15, 0.2) is 0 Å². The predicted octanol–water partition coefficient (Wildman–Crippen LogP) is 6.13. The van der Waals surface area contributed by atoms with Crippen molar-refractivity contribution in [2.24, 2.45) is 7.05 Å². The molecule has 1 unspecified atom stereocenters. The van der Waals surface area contributed by atoms with Gasteiger partial charge >= 0.3 is 0 Å². The van der Waals surface area contributed by atoms with Crippen molar-refractivity contribution in [1.29, 1.82) is 0 Å². The fraction of sp³-hybridized carbons (Fsp3) is 0.143. The number of Topliss-reactive ketones (excluding diaryl/α,β-unsaturated/α-hetero) is 1. The van der Waals surface area contributed by atoms with E-state index < -0.39 is 23.5 Å². The van der Waals surface area contributed by atoms with Gasteiger partial charge in [0, 0.05) is 46.5 Å². The van der Waals surface area contributed by atoms with Crippen LogP contribution >= 0.6 is 23.2 Å². The third-order valence-electron chi connectivity index (χ3n) is 6.47. The molecule has 3 aromatic carbocycles. The Morgan fingerprint density at radius 1 is 0.973 bits per heavy atom. The molecule has 1 aliphatic rings. The standard InChI is InChI=1S/C28H22Cl2N2O5/c1-31-14-20(18-9-4-5-10-22(18)31)24-23(25(33)19-11-15(29)12-21(30)27(19)37-3)26(34)28(35)32(24)16-7-6-8-17(13-16)36-2/h4-14,24,33H,1-3H3/b25-23+. The average molecular weight is 537 g/mol. The average Bonchev–Trinajstić information content (AvgIpc) is 3.36. The molecule has 0 bridgehead atoms. The molecule has 1 aromatic heterocycles. The van der Waals surface area contributed by atoms with Gasteiger partial charge in [-0.1, -0.05) is 47.5 Å². The number of aryl methyl sites for hydroxylation is 1. The molecule has 1 saturated heterocycles. The molecule has 188 valence electrons. The van der Waals surface area contributed by atoms with Crippen LogP contribution in [0.1, 0.15) is 17.2 Å². The Balaban J connectivity index is 1.84. The zero-order valence-electron chi connectivity index (χ0n) is 20.2. The van der Waals surface area contributed by atoms with Gasteiger partial charge in [-0.25, -0.2) is 0 Å². The number of ether oxygens (including phenoxy) is 2. The summed E-state index contributed by atoms with van der Waals surface area (Å²) < 4.78 is 12.7. The Kier molecular flexibility index (Phi) is 6.35. The Hall–Kier alpha value is -3.94. The molecule has 2 heterocycles. The van der Waals surface area contributed by atoms with E-state index in [9.17, 15) is 14.7 Å². The summed E-state index contributed by atoms with van der Waals surface area (Å²) in [5.74, 6) is -1.44. The number of aliphatic hydroxyl groups is 1. The van der Waals surface area contributed by atoms with Gasteiger partial charge in [0.1, 0.15) is 17.3 Å². The number of carbonyl (C=O) groups is 2. The highest BCUT2D eigenvalue weighted by molar-refractivity contribution is 6.52. The Bertz CT molecular complexity index is 1610. The van der Waals surface area contributed by atoms with Crippen LogP contribution in [-0.4, -0.2) is 35.6 Å². The second-order valence-electron chi connectivity index (χ2n) is 8.55. The van der Waals surface area contributed by atoms with E-state index in [2.05, 4.69) is 0 Å². The topological polar surface area (TPSA) is 81.0 Å². The summed E-state index contributed by atoms with van der Waals surface area (Å²) >= 11 is 12.6. The van der Waals surface area contributed by atoms with Crippen molar-refractivity contribution in [2.45, 2.75) is 6.04 Å². The molecule has 0 saturated carbocycles. The van der Waals surface area contributed by atoms with Crippen molar-refractivity contribution < 1.29 is 24.2 Å². The molecular weight excluding hydrogens is 515 g/mol. The highest BCUT2D eigenvalue weighted by atomic mass is 35.5. The van der Waals surface area contributed by atoms with Gasteiger partial charge in [-0.15, -0.1) is 0 Å². The molecule has 5 rings (SSSR count). The third kappa shape index (κ3) is 4.00. The van der Waals surface area contributed by atoms with Gasteiger partial charge in [0.2, 0.25) is 0 Å². The number of carbonyl (C=O) groups excluding carboxylic acids is 2. The first-order valence-corrected chi connectivity index (χ1v) is 12.0. The van der Waals surface area contributed by atoms with Gasteiger partial charge in [0.05, 0.1) is 36.4 Å². The van der Waals surface area contributed by atoms with Crippen molar-refractivity contribution in [2.75, 3.05) is 19.1 Å². The minimum absolute atomic E-state index is 0.105. The maximum absolute atomic E-state index is 13.6. The fourth-order valence-corrected chi connectivity index (χ4v) is 5.40. The van der Waals surface area contributed by atoms with Crippen LogP contribution in [0.4, 0.5) is 5.69 Å². The summed E-state index contributed by atoms with van der Waals surface area (Å²) in [6, 6.07) is 16.4. The van der Waals surface area contributed by atoms with Gasteiger partial charge in [-0.05, 0) is 30.3 Å². The molecule has 9 heteroatoms. The van der Waals surface area contributed by atoms with E-state index in [-0.39, 0.29) is 26.9 Å². The van der Waals surface area contributed by atoms with Crippen LogP contribution < -0.4 is 14.4 Å². The summed E-state index contributed by atoms with van der Waals surface area (Å²) in [5, 5.41) is 12.8. The van der Waals surface area contributed by atoms with Crippen LogP contribution in [0.5, 0.6) is 11.5 Å². The van der Waals surface area contributed by atoms with Crippen molar-refractivity contribution in [1.82, 2.24) is 4.57 Å². The van der Waals surface area contributed by atoms with Crippen molar-refractivity contribution in [3.8, 4) is 11.5 Å². The van der Waals surface area contributed by atoms with E-state index in [0.29, 0.717) is 17.0 Å². The minimum Gasteiger partial charge on any atom is -0.507 e. The number of amides is 1. The molecule has 7 nitrogen and oxygen atoms in total. The predicted molar refractivity (Wildman–Crippen MR) is 144 cm³/mol. The second kappa shape index (κ2) is 9.50. The summed E-state index contributed by atoms with van der Waals surface area (Å²) in [7, 11) is 4.79. The molecule has 1 amide bonds. The number of methoxy groups -OCH3 is 2. The normalized spacial score (nSPS) is 17.0. The lowest BCUT2D eigenvalue weighted by Crippen LogP contribution is -2.29. The Labute approximate surface area is 223 Å². The molecule has 1 N–H and O–H groups in total. The number of hydrogen-bond donors (Lipinski definition) is 1. The zero-order valence-corrected chi connectivity index (χ0v) is 21.7. The maximum Gasteiger partial charge on any atom is 0.300 e. The smallest absolute Gasteiger partial charge is 0.300 e. The van der Waals surface area contributed by atoms with Crippen LogP contribution in [0.3, 0.4) is 0 Å². The molecule has 1 aliphatic heterocycles. The van der Waals surface area contributed by atoms with E-state index in [0.717, 1.165) is 10.9 Å². The number of aromatic nitrogens is 1.